The summed E-state index contributed by atoms with van der Waals surface area (Å²) >= 11 is 5.86. The molecule has 1 unspecified atom stereocenters. The van der Waals surface area contributed by atoms with E-state index in [0.717, 1.165) is 17.2 Å². The van der Waals surface area contributed by atoms with Crippen LogP contribution in [0.2, 0.25) is 5.02 Å². The Hall–Kier alpha value is -3.03. The predicted octanol–water partition coefficient (Wildman–Crippen LogP) is 6.82. The summed E-state index contributed by atoms with van der Waals surface area (Å²) in [7, 11) is 0. The van der Waals surface area contributed by atoms with E-state index >= 15 is 0 Å². The molecule has 3 aromatic carbocycles. The van der Waals surface area contributed by atoms with Crippen LogP contribution in [0.25, 0.3) is 0 Å². The van der Waals surface area contributed by atoms with Crippen LogP contribution in [0, 0.1) is 5.92 Å². The summed E-state index contributed by atoms with van der Waals surface area (Å²) in [6.45, 7) is 1.31. The zero-order valence-corrected chi connectivity index (χ0v) is 19.6. The molecule has 184 valence electrons. The number of carboxylic acids is 1. The summed E-state index contributed by atoms with van der Waals surface area (Å²) in [5.41, 5.74) is 1.39. The van der Waals surface area contributed by atoms with Gasteiger partial charge in [-0.1, -0.05) is 60.1 Å². The number of hydrogen-bond donors (Lipinski definition) is 1. The van der Waals surface area contributed by atoms with Gasteiger partial charge in [-0.2, -0.15) is 13.2 Å². The first-order chi connectivity index (χ1) is 16.7. The van der Waals surface area contributed by atoms with E-state index in [9.17, 15) is 23.1 Å². The molecule has 35 heavy (non-hydrogen) atoms. The number of rotatable bonds is 7. The maximum Gasteiger partial charge on any atom is 0.417 e. The van der Waals surface area contributed by atoms with Crippen molar-refractivity contribution in [1.82, 2.24) is 4.90 Å². The second-order valence-corrected chi connectivity index (χ2v) is 9.04. The number of alkyl halides is 3. The Kier molecular flexibility index (Phi) is 7.67. The van der Waals surface area contributed by atoms with Gasteiger partial charge in [0.2, 0.25) is 0 Å². The molecule has 0 saturated carbocycles. The van der Waals surface area contributed by atoms with Crippen LogP contribution in [0.3, 0.4) is 0 Å². The third kappa shape index (κ3) is 6.16. The zero-order chi connectivity index (χ0) is 25.0. The van der Waals surface area contributed by atoms with Gasteiger partial charge in [-0.05, 0) is 66.9 Å². The highest BCUT2D eigenvalue weighted by Gasteiger charge is 2.35. The van der Waals surface area contributed by atoms with E-state index < -0.39 is 29.7 Å². The first-order valence-electron chi connectivity index (χ1n) is 11.3. The number of carbonyl (C=O) groups is 1. The Labute approximate surface area is 206 Å². The lowest BCUT2D eigenvalue weighted by molar-refractivity contribution is -0.143. The molecule has 0 amide bonds. The van der Waals surface area contributed by atoms with Crippen molar-refractivity contribution >= 4 is 17.6 Å². The van der Waals surface area contributed by atoms with Gasteiger partial charge in [0.05, 0.1) is 22.5 Å². The van der Waals surface area contributed by atoms with Crippen molar-refractivity contribution in [3.63, 3.8) is 0 Å². The van der Waals surface area contributed by atoms with Gasteiger partial charge in [-0.15, -0.1) is 0 Å². The molecule has 4 rings (SSSR count). The van der Waals surface area contributed by atoms with Gasteiger partial charge in [0.1, 0.15) is 12.4 Å². The van der Waals surface area contributed by atoms with Gasteiger partial charge >= 0.3 is 12.1 Å². The summed E-state index contributed by atoms with van der Waals surface area (Å²) in [5.74, 6) is -0.642. The summed E-state index contributed by atoms with van der Waals surface area (Å²) in [6.07, 6.45) is -3.71. The molecule has 1 fully saturated rings. The van der Waals surface area contributed by atoms with Gasteiger partial charge in [0, 0.05) is 0 Å². The number of nitrogens with zero attached hydrogens (tertiary/aromatic N) is 1. The minimum absolute atomic E-state index is 0.353. The Morgan fingerprint density at radius 1 is 1.00 bits per heavy atom. The molecule has 1 saturated heterocycles. The minimum atomic E-state index is -4.58. The molecule has 0 aliphatic carbocycles. The molecular formula is C27H25ClF3NO3. The van der Waals surface area contributed by atoms with Crippen molar-refractivity contribution in [1.29, 1.82) is 0 Å². The topological polar surface area (TPSA) is 49.8 Å². The molecule has 1 heterocycles. The van der Waals surface area contributed by atoms with E-state index in [2.05, 4.69) is 0 Å². The third-order valence-corrected chi connectivity index (χ3v) is 6.63. The molecule has 8 heteroatoms. The molecule has 0 spiro atoms. The normalized spacial score (nSPS) is 16.1. The lowest BCUT2D eigenvalue weighted by Gasteiger charge is -2.37. The van der Waals surface area contributed by atoms with E-state index in [4.69, 9.17) is 16.3 Å². The Morgan fingerprint density at radius 3 is 2.23 bits per heavy atom. The van der Waals surface area contributed by atoms with E-state index in [1.54, 1.807) is 18.2 Å². The first kappa shape index (κ1) is 25.1. The second-order valence-electron chi connectivity index (χ2n) is 8.63. The van der Waals surface area contributed by atoms with Crippen molar-refractivity contribution in [3.8, 4) is 5.75 Å². The second kappa shape index (κ2) is 10.7. The van der Waals surface area contributed by atoms with Crippen LogP contribution in [0.1, 0.15) is 41.1 Å². The average Bonchev–Trinajstić information content (AvgIpc) is 2.85. The molecule has 0 aromatic heterocycles. The summed E-state index contributed by atoms with van der Waals surface area (Å²) in [6, 6.07) is 20.5. The molecule has 1 aliphatic rings. The maximum atomic E-state index is 13.6. The lowest BCUT2D eigenvalue weighted by Crippen LogP contribution is -2.39. The molecule has 1 aliphatic heterocycles. The molecule has 1 atom stereocenters. The number of halogens is 4. The zero-order valence-electron chi connectivity index (χ0n) is 18.8. The highest BCUT2D eigenvalue weighted by molar-refractivity contribution is 6.31. The van der Waals surface area contributed by atoms with Gasteiger partial charge in [0.25, 0.3) is 0 Å². The molecule has 3 aromatic rings. The summed E-state index contributed by atoms with van der Waals surface area (Å²) in [4.78, 5) is 13.4. The third-order valence-electron chi connectivity index (χ3n) is 6.30. The van der Waals surface area contributed by atoms with Crippen LogP contribution in [-0.4, -0.2) is 29.1 Å². The van der Waals surface area contributed by atoms with E-state index in [0.29, 0.717) is 43.9 Å². The summed E-state index contributed by atoms with van der Waals surface area (Å²) < 4.78 is 46.6. The predicted molar refractivity (Wildman–Crippen MR) is 127 cm³/mol. The number of ether oxygens (including phenoxy) is 1. The quantitative estimate of drug-likeness (QED) is 0.384. The Morgan fingerprint density at radius 2 is 1.63 bits per heavy atom. The van der Waals surface area contributed by atoms with Crippen molar-refractivity contribution < 1.29 is 27.8 Å². The van der Waals surface area contributed by atoms with Crippen LogP contribution < -0.4 is 4.74 Å². The molecule has 4 nitrogen and oxygen atoms in total. The van der Waals surface area contributed by atoms with Gasteiger partial charge < -0.3 is 9.84 Å². The number of hydrogen-bond acceptors (Lipinski definition) is 3. The van der Waals surface area contributed by atoms with Crippen LogP contribution in [0.5, 0.6) is 5.75 Å². The van der Waals surface area contributed by atoms with Crippen molar-refractivity contribution in [2.24, 2.45) is 5.92 Å². The fraction of sp³-hybridized carbons (Fsp3) is 0.296. The minimum Gasteiger partial charge on any atom is -0.489 e. The van der Waals surface area contributed by atoms with Crippen molar-refractivity contribution in [2.75, 3.05) is 13.1 Å². The monoisotopic (exact) mass is 503 g/mol. The molecule has 0 radical (unpaired) electrons. The van der Waals surface area contributed by atoms with E-state index in [1.165, 1.54) is 6.07 Å². The number of benzene rings is 3. The van der Waals surface area contributed by atoms with Crippen LogP contribution in [-0.2, 0) is 17.6 Å². The largest absolute Gasteiger partial charge is 0.489 e. The van der Waals surface area contributed by atoms with Crippen molar-refractivity contribution in [2.45, 2.75) is 31.7 Å². The van der Waals surface area contributed by atoms with Crippen LogP contribution in [0.4, 0.5) is 13.2 Å². The summed E-state index contributed by atoms with van der Waals surface area (Å²) in [5, 5.41) is 8.99. The fourth-order valence-corrected chi connectivity index (χ4v) is 4.66. The standard InChI is InChI=1S/C27H25ClF3NO3/c28-24-11-8-21(16-23(24)27(29,30)31)25(32-14-12-20(13-15-32)26(33)34)19-6-9-22(10-7-19)35-17-18-4-2-1-3-5-18/h1-11,16,20,25H,12-15,17H2,(H,33,34). The maximum absolute atomic E-state index is 13.6. The molecular weight excluding hydrogens is 479 g/mol. The highest BCUT2D eigenvalue weighted by atomic mass is 35.5. The molecule has 1 N–H and O–H groups in total. The Bertz CT molecular complexity index is 1140. The average molecular weight is 504 g/mol. The smallest absolute Gasteiger partial charge is 0.417 e. The highest BCUT2D eigenvalue weighted by Crippen LogP contribution is 2.39. The molecule has 0 bridgehead atoms. The first-order valence-corrected chi connectivity index (χ1v) is 11.7. The number of likely N-dealkylation sites (tertiary alicyclic amines) is 1. The van der Waals surface area contributed by atoms with Gasteiger partial charge in [-0.25, -0.2) is 0 Å². The van der Waals surface area contributed by atoms with Crippen molar-refractivity contribution in [3.05, 3.63) is 100 Å². The van der Waals surface area contributed by atoms with Crippen LogP contribution >= 0.6 is 11.6 Å². The number of carboxylic acid groups (broad SMARTS) is 1. The van der Waals surface area contributed by atoms with E-state index in [1.807, 2.05) is 47.4 Å². The lowest BCUT2D eigenvalue weighted by atomic mass is 9.90. The number of piperidine rings is 1. The van der Waals surface area contributed by atoms with Crippen LogP contribution in [0.15, 0.2) is 72.8 Å². The SMILES string of the molecule is O=C(O)C1CCN(C(c2ccc(OCc3ccccc3)cc2)c2ccc(Cl)c(C(F)(F)F)c2)CC1. The van der Waals surface area contributed by atoms with E-state index in [-0.39, 0.29) is 5.02 Å². The fourth-order valence-electron chi connectivity index (χ4n) is 4.44. The Balaban J connectivity index is 1.61. The van der Waals surface area contributed by atoms with Gasteiger partial charge in [0.15, 0.2) is 0 Å². The van der Waals surface area contributed by atoms with Gasteiger partial charge in [-0.3, -0.25) is 9.69 Å². The number of aliphatic carboxylic acids is 1.